The molecule has 1 aromatic heterocycles. The summed E-state index contributed by atoms with van der Waals surface area (Å²) in [6.07, 6.45) is 1.72. The van der Waals surface area contributed by atoms with Gasteiger partial charge in [-0.05, 0) is 29.8 Å². The Morgan fingerprint density at radius 3 is 2.12 bits per heavy atom. The molecule has 6 nitrogen and oxygen atoms in total. The Bertz CT molecular complexity index is 1070. The maximum atomic E-state index is 14.1. The second-order valence-corrected chi connectivity index (χ2v) is 7.41. The third-order valence-electron chi connectivity index (χ3n) is 5.41. The summed E-state index contributed by atoms with van der Waals surface area (Å²) in [6.45, 7) is 2.03. The normalized spacial score (nSPS) is 14.7. The fourth-order valence-electron chi connectivity index (χ4n) is 3.73. The number of nitrogens with zero attached hydrogens (tertiary/aromatic N) is 3. The van der Waals surface area contributed by atoms with E-state index >= 15 is 0 Å². The van der Waals surface area contributed by atoms with Gasteiger partial charge < -0.3 is 15.1 Å². The lowest BCUT2D eigenvalue weighted by Gasteiger charge is -2.37. The number of benzene rings is 2. The lowest BCUT2D eigenvalue weighted by molar-refractivity contribution is -0.133. The molecular weight excluding hydrogens is 414 g/mol. The lowest BCUT2D eigenvalue weighted by Crippen LogP contribution is -2.52. The number of halogens is 2. The topological polar surface area (TPSA) is 65.5 Å². The first-order valence-corrected chi connectivity index (χ1v) is 10.3. The number of nitrogens with one attached hydrogen (secondary N) is 1. The van der Waals surface area contributed by atoms with Crippen molar-refractivity contribution in [3.63, 3.8) is 0 Å². The van der Waals surface area contributed by atoms with Crippen molar-refractivity contribution in [1.29, 1.82) is 0 Å². The van der Waals surface area contributed by atoms with Gasteiger partial charge in [0.1, 0.15) is 29.1 Å². The molecule has 2 heterocycles. The predicted molar refractivity (Wildman–Crippen MR) is 116 cm³/mol. The number of pyridine rings is 1. The molecule has 1 N–H and O–H groups in total. The second-order valence-electron chi connectivity index (χ2n) is 7.41. The van der Waals surface area contributed by atoms with E-state index in [4.69, 9.17) is 0 Å². The monoisotopic (exact) mass is 436 g/mol. The Balaban J connectivity index is 1.52. The van der Waals surface area contributed by atoms with E-state index in [2.05, 4.69) is 15.2 Å². The van der Waals surface area contributed by atoms with Crippen LogP contribution in [0.25, 0.3) is 0 Å². The molecule has 4 rings (SSSR count). The van der Waals surface area contributed by atoms with Crippen LogP contribution in [-0.4, -0.2) is 47.9 Å². The maximum Gasteiger partial charge on any atom is 0.258 e. The van der Waals surface area contributed by atoms with Gasteiger partial charge >= 0.3 is 0 Å². The van der Waals surface area contributed by atoms with Crippen molar-refractivity contribution in [2.24, 2.45) is 0 Å². The van der Waals surface area contributed by atoms with Crippen molar-refractivity contribution in [3.8, 4) is 0 Å². The molecule has 0 aliphatic carbocycles. The van der Waals surface area contributed by atoms with Crippen LogP contribution in [0.4, 0.5) is 14.6 Å². The predicted octanol–water partition coefficient (Wildman–Crippen LogP) is 3.18. The highest BCUT2D eigenvalue weighted by Crippen LogP contribution is 2.21. The average molecular weight is 436 g/mol. The molecule has 1 atom stereocenters. The number of amides is 2. The van der Waals surface area contributed by atoms with Crippen molar-refractivity contribution in [1.82, 2.24) is 15.2 Å². The highest BCUT2D eigenvalue weighted by molar-refractivity contribution is 5.98. The van der Waals surface area contributed by atoms with Crippen molar-refractivity contribution >= 4 is 17.6 Å². The zero-order valence-corrected chi connectivity index (χ0v) is 17.2. The minimum atomic E-state index is -1.07. The molecule has 0 saturated carbocycles. The molecule has 1 aliphatic heterocycles. The van der Waals surface area contributed by atoms with E-state index in [-0.39, 0.29) is 5.91 Å². The summed E-state index contributed by atoms with van der Waals surface area (Å²) in [5, 5.41) is 2.54. The fraction of sp³-hybridized carbons (Fsp3) is 0.208. The minimum absolute atomic E-state index is 0.332. The van der Waals surface area contributed by atoms with E-state index in [0.29, 0.717) is 31.7 Å². The van der Waals surface area contributed by atoms with E-state index in [1.165, 1.54) is 6.07 Å². The Morgan fingerprint density at radius 1 is 0.844 bits per heavy atom. The van der Waals surface area contributed by atoms with Crippen LogP contribution in [0.15, 0.2) is 72.9 Å². The summed E-state index contributed by atoms with van der Waals surface area (Å²) in [7, 11) is 0. The van der Waals surface area contributed by atoms with Gasteiger partial charge in [0, 0.05) is 32.4 Å². The molecule has 164 valence electrons. The molecule has 0 spiro atoms. The number of anilines is 1. The van der Waals surface area contributed by atoms with Crippen molar-refractivity contribution in [2.45, 2.75) is 6.04 Å². The van der Waals surface area contributed by atoms with Gasteiger partial charge in [0.15, 0.2) is 0 Å². The van der Waals surface area contributed by atoms with Crippen LogP contribution in [0.3, 0.4) is 0 Å². The second kappa shape index (κ2) is 9.55. The highest BCUT2D eigenvalue weighted by atomic mass is 19.1. The summed E-state index contributed by atoms with van der Waals surface area (Å²) >= 11 is 0. The zero-order valence-electron chi connectivity index (χ0n) is 17.2. The molecule has 32 heavy (non-hydrogen) atoms. The van der Waals surface area contributed by atoms with Crippen molar-refractivity contribution in [3.05, 3.63) is 95.7 Å². The summed E-state index contributed by atoms with van der Waals surface area (Å²) < 4.78 is 28.2. The van der Waals surface area contributed by atoms with E-state index < -0.39 is 29.1 Å². The summed E-state index contributed by atoms with van der Waals surface area (Å²) in [6, 6.07) is 16.5. The molecule has 0 radical (unpaired) electrons. The van der Waals surface area contributed by atoms with Crippen LogP contribution in [-0.2, 0) is 4.79 Å². The van der Waals surface area contributed by atoms with Crippen molar-refractivity contribution in [2.75, 3.05) is 31.1 Å². The number of rotatable bonds is 5. The van der Waals surface area contributed by atoms with Crippen molar-refractivity contribution < 1.29 is 18.4 Å². The van der Waals surface area contributed by atoms with Crippen LogP contribution in [0.1, 0.15) is 22.0 Å². The van der Waals surface area contributed by atoms with E-state index in [0.717, 1.165) is 18.0 Å². The first-order valence-electron chi connectivity index (χ1n) is 10.3. The molecular formula is C24H22F2N4O2. The molecule has 1 fully saturated rings. The number of piperazine rings is 1. The van der Waals surface area contributed by atoms with Crippen LogP contribution in [0, 0.1) is 11.6 Å². The van der Waals surface area contributed by atoms with Crippen LogP contribution < -0.4 is 10.2 Å². The number of hydrogen-bond acceptors (Lipinski definition) is 4. The molecule has 8 heteroatoms. The molecule has 0 bridgehead atoms. The molecule has 2 aromatic carbocycles. The van der Waals surface area contributed by atoms with Crippen LogP contribution >= 0.6 is 0 Å². The Labute approximate surface area is 184 Å². The van der Waals surface area contributed by atoms with Crippen LogP contribution in [0.5, 0.6) is 0 Å². The number of carbonyl (C=O) groups excluding carboxylic acids is 2. The molecule has 1 aliphatic rings. The van der Waals surface area contributed by atoms with Crippen LogP contribution in [0.2, 0.25) is 0 Å². The van der Waals surface area contributed by atoms with Gasteiger partial charge in [0.05, 0.1) is 0 Å². The summed E-state index contributed by atoms with van der Waals surface area (Å²) in [5.41, 5.74) is -0.170. The number of aromatic nitrogens is 1. The molecule has 2 amide bonds. The third kappa shape index (κ3) is 4.59. The third-order valence-corrected chi connectivity index (χ3v) is 5.41. The van der Waals surface area contributed by atoms with Gasteiger partial charge in [-0.25, -0.2) is 13.8 Å². The first-order chi connectivity index (χ1) is 15.5. The average Bonchev–Trinajstić information content (AvgIpc) is 2.83. The van der Waals surface area contributed by atoms with Gasteiger partial charge in [-0.15, -0.1) is 0 Å². The first kappa shape index (κ1) is 21.4. The quantitative estimate of drug-likeness (QED) is 0.667. The summed E-state index contributed by atoms with van der Waals surface area (Å²) in [5.74, 6) is -2.43. The fourth-order valence-corrected chi connectivity index (χ4v) is 3.73. The maximum absolute atomic E-state index is 14.1. The highest BCUT2D eigenvalue weighted by Gasteiger charge is 2.31. The summed E-state index contributed by atoms with van der Waals surface area (Å²) in [4.78, 5) is 34.1. The Morgan fingerprint density at radius 2 is 1.50 bits per heavy atom. The van der Waals surface area contributed by atoms with Gasteiger partial charge in [-0.1, -0.05) is 42.5 Å². The van der Waals surface area contributed by atoms with E-state index in [9.17, 15) is 18.4 Å². The number of hydrogen-bond donors (Lipinski definition) is 1. The smallest absolute Gasteiger partial charge is 0.258 e. The Hall–Kier alpha value is -3.81. The molecule has 1 saturated heterocycles. The zero-order chi connectivity index (χ0) is 22.5. The van der Waals surface area contributed by atoms with Gasteiger partial charge in [0.25, 0.3) is 5.91 Å². The SMILES string of the molecule is O=C(NC(C(=O)N1CCN(c2ccccn2)CC1)c1ccccc1)c1c(F)cccc1F. The standard InChI is InChI=1S/C24H22F2N4O2/c25-18-9-6-10-19(26)21(18)23(31)28-22(17-7-2-1-3-8-17)24(32)30-15-13-29(14-16-30)20-11-4-5-12-27-20/h1-12,22H,13-16H2,(H,28,31). The van der Waals surface area contributed by atoms with E-state index in [1.54, 1.807) is 41.4 Å². The minimum Gasteiger partial charge on any atom is -0.353 e. The van der Waals surface area contributed by atoms with Gasteiger partial charge in [-0.3, -0.25) is 9.59 Å². The Kier molecular flexibility index (Phi) is 6.39. The molecule has 1 unspecified atom stereocenters. The largest absolute Gasteiger partial charge is 0.353 e. The number of carbonyl (C=O) groups is 2. The van der Waals surface area contributed by atoms with Gasteiger partial charge in [-0.2, -0.15) is 0 Å². The molecule has 3 aromatic rings. The van der Waals surface area contributed by atoms with E-state index in [1.807, 2.05) is 18.2 Å². The lowest BCUT2D eigenvalue weighted by atomic mass is 10.0. The van der Waals surface area contributed by atoms with Gasteiger partial charge in [0.2, 0.25) is 5.91 Å².